The van der Waals surface area contributed by atoms with E-state index < -0.39 is 5.97 Å². The minimum Gasteiger partial charge on any atom is -0.467 e. The zero-order valence-corrected chi connectivity index (χ0v) is 19.6. The molecule has 170 valence electrons. The van der Waals surface area contributed by atoms with Crippen LogP contribution < -0.4 is 10.9 Å². The first-order chi connectivity index (χ1) is 16.0. The summed E-state index contributed by atoms with van der Waals surface area (Å²) in [6.45, 7) is 4.03. The lowest BCUT2D eigenvalue weighted by Crippen LogP contribution is -2.24. The van der Waals surface area contributed by atoms with Gasteiger partial charge in [-0.1, -0.05) is 23.9 Å². The minimum absolute atomic E-state index is 0.0363. The third-order valence-corrected chi connectivity index (χ3v) is 6.80. The maximum atomic E-state index is 13.1. The van der Waals surface area contributed by atoms with E-state index in [1.807, 2.05) is 6.07 Å². The molecule has 3 heterocycles. The molecule has 8 nitrogen and oxygen atoms in total. The second-order valence-corrected chi connectivity index (χ2v) is 9.06. The van der Waals surface area contributed by atoms with Crippen molar-refractivity contribution < 1.29 is 18.7 Å². The van der Waals surface area contributed by atoms with E-state index in [-0.39, 0.29) is 30.4 Å². The van der Waals surface area contributed by atoms with Gasteiger partial charge in [0.05, 0.1) is 41.1 Å². The monoisotopic (exact) mass is 483 g/mol. The van der Waals surface area contributed by atoms with E-state index in [0.717, 1.165) is 17.3 Å². The summed E-state index contributed by atoms with van der Waals surface area (Å²) in [4.78, 5) is 42.8. The Hall–Kier alpha value is -3.37. The number of rotatable bonds is 8. The van der Waals surface area contributed by atoms with Crippen LogP contribution in [0.4, 0.5) is 5.00 Å². The van der Waals surface area contributed by atoms with Crippen molar-refractivity contribution in [3.05, 3.63) is 75.3 Å². The molecule has 1 aromatic carbocycles. The molecule has 0 spiro atoms. The molecule has 0 aliphatic rings. The van der Waals surface area contributed by atoms with Crippen LogP contribution in [0.2, 0.25) is 0 Å². The number of anilines is 1. The average molecular weight is 484 g/mol. The van der Waals surface area contributed by atoms with Gasteiger partial charge in [0.2, 0.25) is 5.91 Å². The molecule has 10 heteroatoms. The molecule has 0 atom stereocenters. The number of aryl methyl sites for hydroxylation is 1. The van der Waals surface area contributed by atoms with E-state index in [9.17, 15) is 14.4 Å². The molecule has 0 saturated heterocycles. The Bertz CT molecular complexity index is 1360. The number of nitrogens with one attached hydrogen (secondary N) is 1. The number of furan rings is 1. The largest absolute Gasteiger partial charge is 0.467 e. The van der Waals surface area contributed by atoms with Crippen molar-refractivity contribution in [3.8, 4) is 0 Å². The van der Waals surface area contributed by atoms with Gasteiger partial charge in [-0.25, -0.2) is 9.78 Å². The van der Waals surface area contributed by atoms with E-state index in [1.165, 1.54) is 15.9 Å². The molecule has 1 amide bonds. The maximum Gasteiger partial charge on any atom is 0.348 e. The number of nitrogens with zero attached hydrogens (tertiary/aromatic N) is 2. The highest BCUT2D eigenvalue weighted by Gasteiger charge is 2.18. The number of fused-ring (bicyclic) bond motifs is 1. The van der Waals surface area contributed by atoms with Crippen LogP contribution in [0.3, 0.4) is 0 Å². The summed E-state index contributed by atoms with van der Waals surface area (Å²) in [6, 6.07) is 12.4. The molecule has 0 radical (unpaired) electrons. The Morgan fingerprint density at radius 3 is 2.82 bits per heavy atom. The van der Waals surface area contributed by atoms with Crippen LogP contribution in [0.15, 0.2) is 63.1 Å². The Labute approximate surface area is 197 Å². The van der Waals surface area contributed by atoms with Crippen LogP contribution in [0, 0.1) is 6.92 Å². The number of carbonyl (C=O) groups excluding carboxylic acids is 2. The number of para-hydroxylation sites is 1. The first kappa shape index (κ1) is 22.8. The number of aromatic nitrogens is 2. The molecule has 0 aliphatic heterocycles. The number of thioether (sulfide) groups is 1. The fourth-order valence-electron chi connectivity index (χ4n) is 3.20. The third kappa shape index (κ3) is 5.18. The lowest BCUT2D eigenvalue weighted by atomic mass is 10.2. The van der Waals surface area contributed by atoms with Gasteiger partial charge in [-0.05, 0) is 49.7 Å². The van der Waals surface area contributed by atoms with Gasteiger partial charge in [0.25, 0.3) is 5.56 Å². The zero-order valence-electron chi connectivity index (χ0n) is 18.0. The highest BCUT2D eigenvalue weighted by Crippen LogP contribution is 2.28. The summed E-state index contributed by atoms with van der Waals surface area (Å²) in [6.07, 6.45) is 1.54. The molecule has 0 fully saturated rings. The molecule has 0 aliphatic carbocycles. The van der Waals surface area contributed by atoms with Gasteiger partial charge in [0, 0.05) is 0 Å². The SMILES string of the molecule is CCOC(=O)c1sc(NC(=O)CSc2nc3ccccc3c(=O)n2Cc2ccco2)cc1C. The van der Waals surface area contributed by atoms with Crippen molar-refractivity contribution in [3.63, 3.8) is 0 Å². The van der Waals surface area contributed by atoms with Crippen molar-refractivity contribution in [2.75, 3.05) is 17.7 Å². The first-order valence-corrected chi connectivity index (χ1v) is 12.0. The third-order valence-electron chi connectivity index (χ3n) is 4.69. The van der Waals surface area contributed by atoms with Gasteiger partial charge in [-0.2, -0.15) is 0 Å². The molecule has 0 unspecified atom stereocenters. The van der Waals surface area contributed by atoms with E-state index in [2.05, 4.69) is 10.3 Å². The van der Waals surface area contributed by atoms with Crippen LogP contribution in [0.25, 0.3) is 10.9 Å². The van der Waals surface area contributed by atoms with Crippen LogP contribution in [0.5, 0.6) is 0 Å². The Kier molecular flexibility index (Phi) is 6.95. The molecule has 33 heavy (non-hydrogen) atoms. The number of esters is 1. The molecule has 0 bridgehead atoms. The second kappa shape index (κ2) is 10.1. The lowest BCUT2D eigenvalue weighted by molar-refractivity contribution is -0.113. The van der Waals surface area contributed by atoms with Crippen LogP contribution in [-0.4, -0.2) is 33.8 Å². The number of ether oxygens (including phenoxy) is 1. The number of amides is 1. The van der Waals surface area contributed by atoms with Gasteiger partial charge < -0.3 is 14.5 Å². The van der Waals surface area contributed by atoms with Crippen LogP contribution in [0.1, 0.15) is 27.9 Å². The van der Waals surface area contributed by atoms with Crippen LogP contribution >= 0.6 is 23.1 Å². The van der Waals surface area contributed by atoms with Crippen molar-refractivity contribution in [2.24, 2.45) is 0 Å². The van der Waals surface area contributed by atoms with Crippen molar-refractivity contribution in [1.29, 1.82) is 0 Å². The summed E-state index contributed by atoms with van der Waals surface area (Å²) < 4.78 is 12.0. The highest BCUT2D eigenvalue weighted by molar-refractivity contribution is 7.99. The fourth-order valence-corrected chi connectivity index (χ4v) is 4.98. The number of carbonyl (C=O) groups is 2. The summed E-state index contributed by atoms with van der Waals surface area (Å²) in [7, 11) is 0. The maximum absolute atomic E-state index is 13.1. The van der Waals surface area contributed by atoms with Gasteiger partial charge >= 0.3 is 5.97 Å². The molecular formula is C23H21N3O5S2. The summed E-state index contributed by atoms with van der Waals surface area (Å²) in [5.74, 6) is -0.0314. The number of hydrogen-bond acceptors (Lipinski definition) is 8. The van der Waals surface area contributed by atoms with E-state index in [4.69, 9.17) is 9.15 Å². The summed E-state index contributed by atoms with van der Waals surface area (Å²) in [5, 5.41) is 4.28. The number of thiophene rings is 1. The Morgan fingerprint density at radius 2 is 2.06 bits per heavy atom. The first-order valence-electron chi connectivity index (χ1n) is 10.2. The second-order valence-electron chi connectivity index (χ2n) is 7.06. The molecule has 3 aromatic heterocycles. The zero-order chi connectivity index (χ0) is 23.4. The summed E-state index contributed by atoms with van der Waals surface area (Å²) >= 11 is 2.33. The smallest absolute Gasteiger partial charge is 0.348 e. The van der Waals surface area contributed by atoms with Gasteiger partial charge in [0.15, 0.2) is 5.16 Å². The topological polar surface area (TPSA) is 103 Å². The standard InChI is InChI=1S/C23H21N3O5S2/c1-3-30-22(29)20-14(2)11-19(33-20)25-18(27)13-32-23-24-17-9-5-4-8-16(17)21(28)26(23)12-15-7-6-10-31-15/h4-11H,3,12-13H2,1-2H3,(H,25,27). The molecule has 1 N–H and O–H groups in total. The minimum atomic E-state index is -0.405. The molecule has 0 saturated carbocycles. The number of hydrogen-bond donors (Lipinski definition) is 1. The van der Waals surface area contributed by atoms with E-state index in [0.29, 0.717) is 31.7 Å². The number of benzene rings is 1. The van der Waals surface area contributed by atoms with E-state index in [1.54, 1.807) is 56.5 Å². The van der Waals surface area contributed by atoms with Crippen molar-refractivity contribution in [2.45, 2.75) is 25.5 Å². The fraction of sp³-hybridized carbons (Fsp3) is 0.217. The quantitative estimate of drug-likeness (QED) is 0.226. The summed E-state index contributed by atoms with van der Waals surface area (Å²) in [5.41, 5.74) is 1.10. The lowest BCUT2D eigenvalue weighted by Gasteiger charge is -2.12. The predicted molar refractivity (Wildman–Crippen MR) is 128 cm³/mol. The predicted octanol–water partition coefficient (Wildman–Crippen LogP) is 4.32. The van der Waals surface area contributed by atoms with Gasteiger partial charge in [-0.15, -0.1) is 11.3 Å². The van der Waals surface area contributed by atoms with E-state index >= 15 is 0 Å². The molecule has 4 rings (SSSR count). The highest BCUT2D eigenvalue weighted by atomic mass is 32.2. The Balaban J connectivity index is 1.53. The van der Waals surface area contributed by atoms with Gasteiger partial charge in [-0.3, -0.25) is 14.2 Å². The average Bonchev–Trinajstić information content (AvgIpc) is 3.44. The normalized spacial score (nSPS) is 11.0. The van der Waals surface area contributed by atoms with Crippen LogP contribution in [-0.2, 0) is 16.1 Å². The van der Waals surface area contributed by atoms with Crippen molar-refractivity contribution >= 4 is 50.9 Å². The Morgan fingerprint density at radius 1 is 1.24 bits per heavy atom. The van der Waals surface area contributed by atoms with Gasteiger partial charge in [0.1, 0.15) is 10.6 Å². The van der Waals surface area contributed by atoms with Crippen molar-refractivity contribution in [1.82, 2.24) is 9.55 Å². The molecular weight excluding hydrogens is 462 g/mol. The molecule has 4 aromatic rings.